The first-order valence-corrected chi connectivity index (χ1v) is 15.1. The maximum atomic E-state index is 14.0. The van der Waals surface area contributed by atoms with E-state index >= 15 is 0 Å². The summed E-state index contributed by atoms with van der Waals surface area (Å²) in [5.74, 6) is -0.258. The molecule has 3 aromatic rings. The third-order valence-electron chi connectivity index (χ3n) is 5.98. The molecule has 0 radical (unpaired) electrons. The summed E-state index contributed by atoms with van der Waals surface area (Å²) in [6.07, 6.45) is 1.32. The van der Waals surface area contributed by atoms with E-state index in [0.717, 1.165) is 26.2 Å². The molecule has 208 valence electrons. The average molecular weight is 617 g/mol. The zero-order valence-electron chi connectivity index (χ0n) is 22.5. The second-order valence-corrected chi connectivity index (χ2v) is 12.3. The fourth-order valence-electron chi connectivity index (χ4n) is 4.13. The molecule has 1 N–H and O–H groups in total. The number of anilines is 1. The molecule has 0 aliphatic carbocycles. The summed E-state index contributed by atoms with van der Waals surface area (Å²) in [7, 11) is -2.32. The SMILES string of the molecule is COc1ccc(N(CC(=O)N(Cc2cccc(Br)c2)C(Cc2ccccc2)C(=O)NC(C)C)S(C)(=O)=O)cc1. The number of nitrogens with zero attached hydrogens (tertiary/aromatic N) is 2. The van der Waals surface area contributed by atoms with Crippen LogP contribution in [0.4, 0.5) is 5.69 Å². The number of carbonyl (C=O) groups is 2. The zero-order valence-corrected chi connectivity index (χ0v) is 24.9. The molecular formula is C29H34BrN3O5S. The molecule has 3 aromatic carbocycles. The Morgan fingerprint density at radius 1 is 0.949 bits per heavy atom. The second kappa shape index (κ2) is 13.6. The molecule has 1 atom stereocenters. The van der Waals surface area contributed by atoms with E-state index in [2.05, 4.69) is 21.2 Å². The molecule has 39 heavy (non-hydrogen) atoms. The minimum absolute atomic E-state index is 0.113. The fourth-order valence-corrected chi connectivity index (χ4v) is 5.43. The lowest BCUT2D eigenvalue weighted by atomic mass is 10.0. The largest absolute Gasteiger partial charge is 0.497 e. The highest BCUT2D eigenvalue weighted by atomic mass is 79.9. The molecule has 0 aliphatic rings. The number of carbonyl (C=O) groups excluding carboxylic acids is 2. The number of amides is 2. The van der Waals surface area contributed by atoms with E-state index in [9.17, 15) is 18.0 Å². The summed E-state index contributed by atoms with van der Waals surface area (Å²) in [6.45, 7) is 3.35. The summed E-state index contributed by atoms with van der Waals surface area (Å²) >= 11 is 3.47. The highest BCUT2D eigenvalue weighted by molar-refractivity contribution is 9.10. The Balaban J connectivity index is 2.04. The third kappa shape index (κ3) is 8.83. The van der Waals surface area contributed by atoms with Crippen molar-refractivity contribution in [2.45, 2.75) is 38.9 Å². The van der Waals surface area contributed by atoms with Crippen molar-refractivity contribution in [2.24, 2.45) is 0 Å². The second-order valence-electron chi connectivity index (χ2n) is 9.49. The van der Waals surface area contributed by atoms with Crippen LogP contribution in [-0.2, 0) is 32.6 Å². The van der Waals surface area contributed by atoms with Crippen LogP contribution in [0.5, 0.6) is 5.75 Å². The van der Waals surface area contributed by atoms with Crippen molar-refractivity contribution in [3.63, 3.8) is 0 Å². The third-order valence-corrected chi connectivity index (χ3v) is 7.62. The summed E-state index contributed by atoms with van der Waals surface area (Å²) in [6, 6.07) is 22.3. The normalized spacial score (nSPS) is 12.1. The van der Waals surface area contributed by atoms with Crippen molar-refractivity contribution in [2.75, 3.05) is 24.2 Å². The lowest BCUT2D eigenvalue weighted by Crippen LogP contribution is -2.54. The average Bonchev–Trinajstić information content (AvgIpc) is 2.89. The van der Waals surface area contributed by atoms with Crippen LogP contribution in [0.3, 0.4) is 0 Å². The summed E-state index contributed by atoms with van der Waals surface area (Å²) in [5.41, 5.74) is 1.99. The van der Waals surface area contributed by atoms with Gasteiger partial charge < -0.3 is 15.0 Å². The van der Waals surface area contributed by atoms with Crippen LogP contribution < -0.4 is 14.4 Å². The molecule has 0 fully saturated rings. The van der Waals surface area contributed by atoms with Gasteiger partial charge in [-0.1, -0.05) is 58.4 Å². The highest BCUT2D eigenvalue weighted by Crippen LogP contribution is 2.23. The number of nitrogens with one attached hydrogen (secondary N) is 1. The van der Waals surface area contributed by atoms with E-state index in [1.54, 1.807) is 24.3 Å². The Morgan fingerprint density at radius 3 is 2.15 bits per heavy atom. The molecule has 1 unspecified atom stereocenters. The maximum Gasteiger partial charge on any atom is 0.244 e. The molecule has 2 amide bonds. The molecule has 8 nitrogen and oxygen atoms in total. The van der Waals surface area contributed by atoms with E-state index in [1.165, 1.54) is 12.0 Å². The van der Waals surface area contributed by atoms with Crippen LogP contribution in [0.2, 0.25) is 0 Å². The predicted octanol–water partition coefficient (Wildman–Crippen LogP) is 4.39. The Bertz CT molecular complexity index is 1370. The number of halogens is 1. The highest BCUT2D eigenvalue weighted by Gasteiger charge is 2.33. The summed E-state index contributed by atoms with van der Waals surface area (Å²) in [5, 5.41) is 2.94. The summed E-state index contributed by atoms with van der Waals surface area (Å²) in [4.78, 5) is 29.0. The van der Waals surface area contributed by atoms with Crippen LogP contribution in [0.25, 0.3) is 0 Å². The van der Waals surface area contributed by atoms with Crippen LogP contribution >= 0.6 is 15.9 Å². The first-order valence-electron chi connectivity index (χ1n) is 12.5. The standard InChI is InChI=1S/C29H34BrN3O5S/c1-21(2)31-29(35)27(18-22-9-6-5-7-10-22)32(19-23-11-8-12-24(30)17-23)28(34)20-33(39(4,36)37)25-13-15-26(38-3)16-14-25/h5-17,21,27H,18-20H2,1-4H3,(H,31,35). The number of benzene rings is 3. The lowest BCUT2D eigenvalue weighted by molar-refractivity contribution is -0.140. The summed E-state index contributed by atoms with van der Waals surface area (Å²) < 4.78 is 32.7. The van der Waals surface area contributed by atoms with Gasteiger partial charge in [-0.05, 0) is 61.4 Å². The number of ether oxygens (including phenoxy) is 1. The van der Waals surface area contributed by atoms with E-state index in [0.29, 0.717) is 11.4 Å². The van der Waals surface area contributed by atoms with Crippen molar-refractivity contribution in [3.8, 4) is 5.75 Å². The molecule has 10 heteroatoms. The molecule has 0 spiro atoms. The van der Waals surface area contributed by atoms with Gasteiger partial charge in [-0.25, -0.2) is 8.42 Å². The van der Waals surface area contributed by atoms with E-state index < -0.39 is 28.5 Å². The van der Waals surface area contributed by atoms with Crippen molar-refractivity contribution in [1.29, 1.82) is 0 Å². The van der Waals surface area contributed by atoms with Crippen molar-refractivity contribution >= 4 is 43.5 Å². The lowest BCUT2D eigenvalue weighted by Gasteiger charge is -2.34. The topological polar surface area (TPSA) is 96.0 Å². The van der Waals surface area contributed by atoms with Gasteiger partial charge in [0.25, 0.3) is 0 Å². The Labute approximate surface area is 239 Å². The molecule has 0 heterocycles. The number of methoxy groups -OCH3 is 1. The molecule has 0 aromatic heterocycles. The Morgan fingerprint density at radius 2 is 1.59 bits per heavy atom. The fraction of sp³-hybridized carbons (Fsp3) is 0.310. The van der Waals surface area contributed by atoms with Gasteiger partial charge in [0.15, 0.2) is 0 Å². The van der Waals surface area contributed by atoms with Crippen LogP contribution in [0.15, 0.2) is 83.3 Å². The van der Waals surface area contributed by atoms with Crippen LogP contribution in [-0.4, -0.2) is 57.1 Å². The van der Waals surface area contributed by atoms with Gasteiger partial charge in [0, 0.05) is 23.5 Å². The molecule has 0 aliphatic heterocycles. The van der Waals surface area contributed by atoms with Crippen LogP contribution in [0, 0.1) is 0 Å². The maximum absolute atomic E-state index is 14.0. The predicted molar refractivity (Wildman–Crippen MR) is 157 cm³/mol. The van der Waals surface area contributed by atoms with Gasteiger partial charge in [0.1, 0.15) is 18.3 Å². The quantitative estimate of drug-likeness (QED) is 0.326. The van der Waals surface area contributed by atoms with Crippen molar-refractivity contribution in [1.82, 2.24) is 10.2 Å². The van der Waals surface area contributed by atoms with E-state index in [-0.39, 0.29) is 24.9 Å². The van der Waals surface area contributed by atoms with Crippen molar-refractivity contribution < 1.29 is 22.7 Å². The monoisotopic (exact) mass is 615 g/mol. The van der Waals surface area contributed by atoms with Crippen molar-refractivity contribution in [3.05, 3.63) is 94.5 Å². The first-order chi connectivity index (χ1) is 18.5. The smallest absolute Gasteiger partial charge is 0.244 e. The van der Waals surface area contributed by atoms with Gasteiger partial charge in [-0.2, -0.15) is 0 Å². The molecule has 3 rings (SSSR count). The first kappa shape index (κ1) is 30.2. The van der Waals surface area contributed by atoms with E-state index in [1.807, 2.05) is 68.4 Å². The molecule has 0 saturated heterocycles. The molecular weight excluding hydrogens is 582 g/mol. The van der Waals surface area contributed by atoms with Gasteiger partial charge in [-0.3, -0.25) is 13.9 Å². The van der Waals surface area contributed by atoms with E-state index in [4.69, 9.17) is 4.74 Å². The molecule has 0 saturated carbocycles. The minimum atomic E-state index is -3.83. The number of hydrogen-bond acceptors (Lipinski definition) is 5. The van der Waals surface area contributed by atoms with Gasteiger partial charge in [-0.15, -0.1) is 0 Å². The minimum Gasteiger partial charge on any atom is -0.497 e. The van der Waals surface area contributed by atoms with Gasteiger partial charge in [0.2, 0.25) is 21.8 Å². The van der Waals surface area contributed by atoms with Gasteiger partial charge >= 0.3 is 0 Å². The van der Waals surface area contributed by atoms with Crippen LogP contribution in [0.1, 0.15) is 25.0 Å². The van der Waals surface area contributed by atoms with Gasteiger partial charge in [0.05, 0.1) is 19.1 Å². The number of sulfonamides is 1. The zero-order chi connectivity index (χ0) is 28.6. The number of hydrogen-bond donors (Lipinski definition) is 1. The molecule has 0 bridgehead atoms. The number of rotatable bonds is 12. The Hall–Kier alpha value is -3.37. The Kier molecular flexibility index (Phi) is 10.5.